The summed E-state index contributed by atoms with van der Waals surface area (Å²) < 4.78 is 25.3. The molecule has 2 heterocycles. The SMILES string of the molecule is COc1ccc(NC(=O)[C@H]2Cc3ccc(OC)cc3N3CCN(c4ccccc4F)C[C@H]23)cc1. The average molecular weight is 462 g/mol. The van der Waals surface area contributed by atoms with E-state index >= 15 is 0 Å². The van der Waals surface area contributed by atoms with Crippen LogP contribution in [-0.4, -0.2) is 45.8 Å². The van der Waals surface area contributed by atoms with Gasteiger partial charge in [0, 0.05) is 37.1 Å². The van der Waals surface area contributed by atoms with Crippen LogP contribution < -0.4 is 24.6 Å². The van der Waals surface area contributed by atoms with E-state index in [0.717, 1.165) is 28.4 Å². The highest BCUT2D eigenvalue weighted by Gasteiger charge is 2.42. The summed E-state index contributed by atoms with van der Waals surface area (Å²) in [4.78, 5) is 17.9. The van der Waals surface area contributed by atoms with Crippen LogP contribution in [0.1, 0.15) is 5.56 Å². The minimum absolute atomic E-state index is 0.0444. The summed E-state index contributed by atoms with van der Waals surface area (Å²) in [6.07, 6.45) is 0.605. The van der Waals surface area contributed by atoms with Crippen LogP contribution in [-0.2, 0) is 11.2 Å². The zero-order chi connectivity index (χ0) is 23.7. The molecule has 0 spiro atoms. The lowest BCUT2D eigenvalue weighted by atomic mass is 9.83. The summed E-state index contributed by atoms with van der Waals surface area (Å²) in [7, 11) is 3.27. The van der Waals surface area contributed by atoms with Crippen LogP contribution in [0.5, 0.6) is 11.5 Å². The minimum Gasteiger partial charge on any atom is -0.497 e. The molecule has 5 rings (SSSR count). The number of anilines is 3. The normalized spacial score (nSPS) is 19.1. The van der Waals surface area contributed by atoms with E-state index in [1.54, 1.807) is 26.4 Å². The lowest BCUT2D eigenvalue weighted by Crippen LogP contribution is -2.60. The Balaban J connectivity index is 1.46. The Labute approximate surface area is 198 Å². The lowest BCUT2D eigenvalue weighted by molar-refractivity contribution is -0.120. The van der Waals surface area contributed by atoms with Gasteiger partial charge in [0.25, 0.3) is 0 Å². The first-order valence-corrected chi connectivity index (χ1v) is 11.5. The van der Waals surface area contributed by atoms with Gasteiger partial charge in [-0.2, -0.15) is 0 Å². The van der Waals surface area contributed by atoms with Gasteiger partial charge in [-0.1, -0.05) is 18.2 Å². The van der Waals surface area contributed by atoms with Gasteiger partial charge in [-0.05, 0) is 54.4 Å². The molecule has 1 amide bonds. The monoisotopic (exact) mass is 461 g/mol. The summed E-state index contributed by atoms with van der Waals surface area (Å²) in [5, 5.41) is 3.08. The number of hydrogen-bond acceptors (Lipinski definition) is 5. The van der Waals surface area contributed by atoms with E-state index < -0.39 is 0 Å². The smallest absolute Gasteiger partial charge is 0.229 e. The fourth-order valence-corrected chi connectivity index (χ4v) is 5.04. The van der Waals surface area contributed by atoms with Crippen LogP contribution in [0.2, 0.25) is 0 Å². The van der Waals surface area contributed by atoms with Gasteiger partial charge in [-0.3, -0.25) is 4.79 Å². The molecular weight excluding hydrogens is 433 g/mol. The predicted octanol–water partition coefficient (Wildman–Crippen LogP) is 4.35. The van der Waals surface area contributed by atoms with Crippen molar-refractivity contribution in [2.75, 3.05) is 49.0 Å². The van der Waals surface area contributed by atoms with Gasteiger partial charge >= 0.3 is 0 Å². The zero-order valence-electron chi connectivity index (χ0n) is 19.3. The maximum atomic E-state index is 14.6. The molecule has 3 aromatic rings. The number of piperazine rings is 1. The predicted molar refractivity (Wildman–Crippen MR) is 132 cm³/mol. The standard InChI is InChI=1S/C27H28FN3O3/c1-33-20-11-8-19(9-12-20)29-27(32)22-15-18-7-10-21(34-2)16-25(18)31-14-13-30(17-26(22)31)24-6-4-3-5-23(24)28/h3-12,16,22,26H,13-15,17H2,1-2H3,(H,29,32)/t22-,26+/m0/s1. The van der Waals surface area contributed by atoms with E-state index in [0.29, 0.717) is 31.7 Å². The molecule has 176 valence electrons. The molecule has 7 heteroatoms. The maximum absolute atomic E-state index is 14.6. The number of carbonyl (C=O) groups excluding carboxylic acids is 1. The Morgan fingerprint density at radius 2 is 1.68 bits per heavy atom. The fraction of sp³-hybridized carbons (Fsp3) is 0.296. The third kappa shape index (κ3) is 4.14. The molecule has 2 aliphatic rings. The van der Waals surface area contributed by atoms with Crippen molar-refractivity contribution >= 4 is 23.0 Å². The summed E-state index contributed by atoms with van der Waals surface area (Å²) in [5.41, 5.74) is 3.50. The van der Waals surface area contributed by atoms with Gasteiger partial charge in [-0.25, -0.2) is 4.39 Å². The van der Waals surface area contributed by atoms with Crippen molar-refractivity contribution in [1.82, 2.24) is 0 Å². The van der Waals surface area contributed by atoms with Gasteiger partial charge in [0.15, 0.2) is 0 Å². The van der Waals surface area contributed by atoms with E-state index in [9.17, 15) is 9.18 Å². The second kappa shape index (κ2) is 9.25. The molecule has 2 atom stereocenters. The van der Waals surface area contributed by atoms with Crippen molar-refractivity contribution in [3.05, 3.63) is 78.1 Å². The van der Waals surface area contributed by atoms with Gasteiger partial charge in [0.05, 0.1) is 31.9 Å². The molecule has 34 heavy (non-hydrogen) atoms. The van der Waals surface area contributed by atoms with Gasteiger partial charge in [0.2, 0.25) is 5.91 Å². The number of rotatable bonds is 5. The van der Waals surface area contributed by atoms with Crippen LogP contribution in [0.15, 0.2) is 66.7 Å². The quantitative estimate of drug-likeness (QED) is 0.612. The molecule has 1 N–H and O–H groups in total. The molecule has 0 unspecified atom stereocenters. The molecule has 0 aliphatic carbocycles. The topological polar surface area (TPSA) is 54.0 Å². The van der Waals surface area contributed by atoms with Crippen molar-refractivity contribution in [2.45, 2.75) is 12.5 Å². The number of fused-ring (bicyclic) bond motifs is 3. The molecule has 1 saturated heterocycles. The number of benzene rings is 3. The Morgan fingerprint density at radius 3 is 2.41 bits per heavy atom. The Morgan fingerprint density at radius 1 is 0.941 bits per heavy atom. The largest absolute Gasteiger partial charge is 0.497 e. The van der Waals surface area contributed by atoms with Crippen molar-refractivity contribution in [3.63, 3.8) is 0 Å². The van der Waals surface area contributed by atoms with Crippen molar-refractivity contribution < 1.29 is 18.7 Å². The molecule has 2 aliphatic heterocycles. The van der Waals surface area contributed by atoms with E-state index in [4.69, 9.17) is 9.47 Å². The maximum Gasteiger partial charge on any atom is 0.229 e. The van der Waals surface area contributed by atoms with Gasteiger partial charge < -0.3 is 24.6 Å². The van der Waals surface area contributed by atoms with Crippen LogP contribution >= 0.6 is 0 Å². The van der Waals surface area contributed by atoms with Gasteiger partial charge in [0.1, 0.15) is 17.3 Å². The third-order valence-electron chi connectivity index (χ3n) is 6.81. The second-order valence-corrected chi connectivity index (χ2v) is 8.68. The number of hydrogen-bond donors (Lipinski definition) is 1. The lowest BCUT2D eigenvalue weighted by Gasteiger charge is -2.49. The highest BCUT2D eigenvalue weighted by molar-refractivity contribution is 5.94. The van der Waals surface area contributed by atoms with Crippen molar-refractivity contribution in [2.24, 2.45) is 5.92 Å². The van der Waals surface area contributed by atoms with Crippen molar-refractivity contribution in [3.8, 4) is 11.5 Å². The summed E-state index contributed by atoms with van der Waals surface area (Å²) in [5.74, 6) is 0.940. The first-order chi connectivity index (χ1) is 16.6. The van der Waals surface area contributed by atoms with E-state index in [1.165, 1.54) is 6.07 Å². The number of amides is 1. The fourth-order valence-electron chi connectivity index (χ4n) is 5.04. The number of para-hydroxylation sites is 1. The number of halogens is 1. The molecule has 0 saturated carbocycles. The number of nitrogens with zero attached hydrogens (tertiary/aromatic N) is 2. The zero-order valence-corrected chi connectivity index (χ0v) is 19.3. The Bertz CT molecular complexity index is 1180. The molecular formula is C27H28FN3O3. The summed E-state index contributed by atoms with van der Waals surface area (Å²) >= 11 is 0. The van der Waals surface area contributed by atoms with Crippen LogP contribution in [0.25, 0.3) is 0 Å². The van der Waals surface area contributed by atoms with Crippen LogP contribution in [0.4, 0.5) is 21.5 Å². The first kappa shape index (κ1) is 22.1. The molecule has 3 aromatic carbocycles. The van der Waals surface area contributed by atoms with E-state index in [-0.39, 0.29) is 23.7 Å². The van der Waals surface area contributed by atoms with Gasteiger partial charge in [-0.15, -0.1) is 0 Å². The highest BCUT2D eigenvalue weighted by Crippen LogP contribution is 2.39. The van der Waals surface area contributed by atoms with E-state index in [1.807, 2.05) is 48.5 Å². The first-order valence-electron chi connectivity index (χ1n) is 11.5. The molecule has 0 aromatic heterocycles. The third-order valence-corrected chi connectivity index (χ3v) is 6.81. The molecule has 0 bridgehead atoms. The second-order valence-electron chi connectivity index (χ2n) is 8.68. The summed E-state index contributed by atoms with van der Waals surface area (Å²) in [6.45, 7) is 1.91. The van der Waals surface area contributed by atoms with Crippen LogP contribution in [0, 0.1) is 11.7 Å². The number of methoxy groups -OCH3 is 2. The summed E-state index contributed by atoms with van der Waals surface area (Å²) in [6, 6.07) is 20.1. The number of nitrogens with one attached hydrogen (secondary N) is 1. The Kier molecular flexibility index (Phi) is 6.01. The molecule has 0 radical (unpaired) electrons. The molecule has 1 fully saturated rings. The van der Waals surface area contributed by atoms with Crippen molar-refractivity contribution in [1.29, 1.82) is 0 Å². The minimum atomic E-state index is -0.294. The highest BCUT2D eigenvalue weighted by atomic mass is 19.1. The average Bonchev–Trinajstić information content (AvgIpc) is 2.88. The van der Waals surface area contributed by atoms with Crippen LogP contribution in [0.3, 0.4) is 0 Å². The number of ether oxygens (including phenoxy) is 2. The Hall–Kier alpha value is -3.74. The molecule has 6 nitrogen and oxygen atoms in total. The van der Waals surface area contributed by atoms with E-state index in [2.05, 4.69) is 15.1 Å². The number of carbonyl (C=O) groups is 1.